The molecule has 0 bridgehead atoms. The average Bonchev–Trinajstić information content (AvgIpc) is 2.24. The molecule has 0 aliphatic carbocycles. The van der Waals surface area contributed by atoms with Crippen LogP contribution in [0.2, 0.25) is 5.02 Å². The molecule has 0 aromatic heterocycles. The highest BCUT2D eigenvalue weighted by molar-refractivity contribution is 6.33. The fourth-order valence-electron chi connectivity index (χ4n) is 1.81. The summed E-state index contributed by atoms with van der Waals surface area (Å²) < 4.78 is 0. The van der Waals surface area contributed by atoms with E-state index in [-0.39, 0.29) is 16.8 Å². The molecule has 0 aliphatic rings. The molecule has 94 valence electrons. The molecule has 0 atom stereocenters. The van der Waals surface area contributed by atoms with Gasteiger partial charge in [-0.1, -0.05) is 24.6 Å². The van der Waals surface area contributed by atoms with Crippen LogP contribution in [0.3, 0.4) is 0 Å². The van der Waals surface area contributed by atoms with Gasteiger partial charge >= 0.3 is 5.69 Å². The van der Waals surface area contributed by atoms with Crippen LogP contribution in [0.15, 0.2) is 18.2 Å². The Bertz CT molecular complexity index is 407. The third kappa shape index (κ3) is 3.09. The van der Waals surface area contributed by atoms with Crippen LogP contribution in [0.4, 0.5) is 11.4 Å². The van der Waals surface area contributed by atoms with Crippen LogP contribution in [-0.4, -0.2) is 17.5 Å². The molecule has 0 amide bonds. The van der Waals surface area contributed by atoms with Crippen LogP contribution in [0.25, 0.3) is 0 Å². The van der Waals surface area contributed by atoms with Gasteiger partial charge in [-0.2, -0.15) is 0 Å². The summed E-state index contributed by atoms with van der Waals surface area (Å²) in [5.74, 6) is 0. The minimum Gasteiger partial charge on any atom is -0.364 e. The standard InChI is InChI=1S/C12H17ClN2O2/c1-4-8-14(9(2)3)11-7-5-6-10(13)12(11)15(16)17/h5-7,9H,4,8H2,1-3H3. The van der Waals surface area contributed by atoms with Crippen LogP contribution in [-0.2, 0) is 0 Å². The number of nitro groups is 1. The molecule has 0 radical (unpaired) electrons. The van der Waals surface area contributed by atoms with E-state index in [2.05, 4.69) is 0 Å². The maximum absolute atomic E-state index is 11.1. The normalized spacial score (nSPS) is 10.6. The van der Waals surface area contributed by atoms with E-state index in [1.54, 1.807) is 18.2 Å². The Hall–Kier alpha value is -1.29. The number of para-hydroxylation sites is 1. The zero-order valence-electron chi connectivity index (χ0n) is 10.3. The van der Waals surface area contributed by atoms with E-state index in [1.807, 2.05) is 25.7 Å². The minimum absolute atomic E-state index is 0.00341. The molecule has 0 N–H and O–H groups in total. The van der Waals surface area contributed by atoms with Gasteiger partial charge in [-0.25, -0.2) is 0 Å². The SMILES string of the molecule is CCCN(c1cccc(Cl)c1[N+](=O)[O-])C(C)C. The van der Waals surface area contributed by atoms with Crippen LogP contribution >= 0.6 is 11.6 Å². The quantitative estimate of drug-likeness (QED) is 0.593. The summed E-state index contributed by atoms with van der Waals surface area (Å²) in [5.41, 5.74) is 0.593. The molecular weight excluding hydrogens is 240 g/mol. The molecule has 0 saturated heterocycles. The lowest BCUT2D eigenvalue weighted by molar-refractivity contribution is -0.384. The summed E-state index contributed by atoms with van der Waals surface area (Å²) in [7, 11) is 0. The van der Waals surface area contributed by atoms with Crippen molar-refractivity contribution in [2.45, 2.75) is 33.2 Å². The van der Waals surface area contributed by atoms with E-state index >= 15 is 0 Å². The lowest BCUT2D eigenvalue weighted by Gasteiger charge is -2.28. The van der Waals surface area contributed by atoms with E-state index in [0.717, 1.165) is 13.0 Å². The van der Waals surface area contributed by atoms with E-state index in [0.29, 0.717) is 5.69 Å². The molecule has 0 fully saturated rings. The maximum Gasteiger partial charge on any atom is 0.310 e. The molecule has 5 heteroatoms. The molecule has 0 aliphatic heterocycles. The number of halogens is 1. The van der Waals surface area contributed by atoms with Crippen molar-refractivity contribution in [1.82, 2.24) is 0 Å². The first kappa shape index (κ1) is 13.8. The topological polar surface area (TPSA) is 46.4 Å². The van der Waals surface area contributed by atoms with Crippen molar-refractivity contribution in [2.75, 3.05) is 11.4 Å². The second-order valence-corrected chi connectivity index (χ2v) is 4.56. The minimum atomic E-state index is -0.414. The first-order valence-corrected chi connectivity index (χ1v) is 6.06. The van der Waals surface area contributed by atoms with Gasteiger partial charge in [-0.15, -0.1) is 0 Å². The van der Waals surface area contributed by atoms with Crippen molar-refractivity contribution in [1.29, 1.82) is 0 Å². The number of hydrogen-bond donors (Lipinski definition) is 0. The summed E-state index contributed by atoms with van der Waals surface area (Å²) >= 11 is 5.90. The Kier molecular flexibility index (Phi) is 4.75. The van der Waals surface area contributed by atoms with Crippen LogP contribution in [0, 0.1) is 10.1 Å². The van der Waals surface area contributed by atoms with E-state index in [1.165, 1.54) is 0 Å². The van der Waals surface area contributed by atoms with Crippen molar-refractivity contribution in [3.8, 4) is 0 Å². The summed E-state index contributed by atoms with van der Waals surface area (Å²) in [4.78, 5) is 12.7. The van der Waals surface area contributed by atoms with E-state index in [9.17, 15) is 10.1 Å². The Morgan fingerprint density at radius 2 is 2.12 bits per heavy atom. The van der Waals surface area contributed by atoms with Gasteiger partial charge in [0.2, 0.25) is 0 Å². The Balaban J connectivity index is 3.27. The molecule has 4 nitrogen and oxygen atoms in total. The van der Waals surface area contributed by atoms with Gasteiger partial charge in [-0.05, 0) is 32.4 Å². The highest BCUT2D eigenvalue weighted by Gasteiger charge is 2.23. The number of benzene rings is 1. The molecule has 17 heavy (non-hydrogen) atoms. The number of rotatable bonds is 5. The molecule has 1 aromatic carbocycles. The van der Waals surface area contributed by atoms with Crippen LogP contribution < -0.4 is 4.90 Å². The lowest BCUT2D eigenvalue weighted by Crippen LogP contribution is -2.32. The van der Waals surface area contributed by atoms with Gasteiger partial charge < -0.3 is 4.90 Å². The third-order valence-electron chi connectivity index (χ3n) is 2.55. The summed E-state index contributed by atoms with van der Waals surface area (Å²) in [6.45, 7) is 6.85. The lowest BCUT2D eigenvalue weighted by atomic mass is 10.2. The van der Waals surface area contributed by atoms with Gasteiger partial charge in [0.15, 0.2) is 0 Å². The van der Waals surface area contributed by atoms with Crippen molar-refractivity contribution >= 4 is 23.0 Å². The number of hydrogen-bond acceptors (Lipinski definition) is 3. The third-order valence-corrected chi connectivity index (χ3v) is 2.85. The Morgan fingerprint density at radius 3 is 2.59 bits per heavy atom. The smallest absolute Gasteiger partial charge is 0.310 e. The van der Waals surface area contributed by atoms with Crippen molar-refractivity contribution < 1.29 is 4.92 Å². The molecule has 1 aromatic rings. The van der Waals surface area contributed by atoms with Crippen molar-refractivity contribution in [3.63, 3.8) is 0 Å². The predicted molar refractivity (Wildman–Crippen MR) is 70.9 cm³/mol. The molecule has 0 saturated carbocycles. The highest BCUT2D eigenvalue weighted by Crippen LogP contribution is 2.35. The first-order valence-electron chi connectivity index (χ1n) is 5.68. The first-order chi connectivity index (χ1) is 7.99. The van der Waals surface area contributed by atoms with Gasteiger partial charge in [0, 0.05) is 12.6 Å². The average molecular weight is 257 g/mol. The molecule has 1 rings (SSSR count). The molecule has 0 heterocycles. The molecule has 0 unspecified atom stereocenters. The van der Waals surface area contributed by atoms with E-state index < -0.39 is 4.92 Å². The maximum atomic E-state index is 11.1. The number of anilines is 1. The van der Waals surface area contributed by atoms with Gasteiger partial charge in [0.05, 0.1) is 4.92 Å². The largest absolute Gasteiger partial charge is 0.364 e. The molecule has 0 spiro atoms. The monoisotopic (exact) mass is 256 g/mol. The second kappa shape index (κ2) is 5.87. The second-order valence-electron chi connectivity index (χ2n) is 4.15. The Morgan fingerprint density at radius 1 is 1.47 bits per heavy atom. The Labute approximate surface area is 106 Å². The van der Waals surface area contributed by atoms with Gasteiger partial charge in [0.1, 0.15) is 10.7 Å². The summed E-state index contributed by atoms with van der Waals surface area (Å²) in [6, 6.07) is 5.25. The predicted octanol–water partition coefficient (Wildman–Crippen LogP) is 3.87. The van der Waals surface area contributed by atoms with Crippen LogP contribution in [0.1, 0.15) is 27.2 Å². The van der Waals surface area contributed by atoms with Crippen molar-refractivity contribution in [2.24, 2.45) is 0 Å². The zero-order chi connectivity index (χ0) is 13.0. The van der Waals surface area contributed by atoms with E-state index in [4.69, 9.17) is 11.6 Å². The number of nitrogens with zero attached hydrogens (tertiary/aromatic N) is 2. The fraction of sp³-hybridized carbons (Fsp3) is 0.500. The fourth-order valence-corrected chi connectivity index (χ4v) is 2.05. The van der Waals surface area contributed by atoms with Gasteiger partial charge in [0.25, 0.3) is 0 Å². The van der Waals surface area contributed by atoms with Crippen LogP contribution in [0.5, 0.6) is 0 Å². The van der Waals surface area contributed by atoms with Crippen molar-refractivity contribution in [3.05, 3.63) is 33.3 Å². The summed E-state index contributed by atoms with van der Waals surface area (Å²) in [6.07, 6.45) is 0.932. The highest BCUT2D eigenvalue weighted by atomic mass is 35.5. The molecular formula is C12H17ClN2O2. The van der Waals surface area contributed by atoms with Gasteiger partial charge in [-0.3, -0.25) is 10.1 Å². The zero-order valence-corrected chi connectivity index (χ0v) is 11.1. The summed E-state index contributed by atoms with van der Waals surface area (Å²) in [5, 5.41) is 11.3. The number of nitro benzene ring substituents is 1.